The highest BCUT2D eigenvalue weighted by molar-refractivity contribution is 6.12. The van der Waals surface area contributed by atoms with Gasteiger partial charge < -0.3 is 14.8 Å². The van der Waals surface area contributed by atoms with Crippen molar-refractivity contribution >= 4 is 22.8 Å². The topological polar surface area (TPSA) is 96.1 Å². The molecule has 1 fully saturated rings. The highest BCUT2D eigenvalue weighted by Gasteiger charge is 2.25. The van der Waals surface area contributed by atoms with Crippen molar-refractivity contribution in [2.24, 2.45) is 5.92 Å². The number of pyridine rings is 1. The molecule has 0 unspecified atom stereocenters. The van der Waals surface area contributed by atoms with E-state index in [1.165, 1.54) is 12.8 Å². The number of hydrogen-bond donors (Lipinski definition) is 1. The van der Waals surface area contributed by atoms with Crippen molar-refractivity contribution in [3.05, 3.63) is 47.8 Å². The van der Waals surface area contributed by atoms with Crippen LogP contribution in [0.25, 0.3) is 22.3 Å². The van der Waals surface area contributed by atoms with Crippen molar-refractivity contribution in [1.29, 1.82) is 0 Å². The summed E-state index contributed by atoms with van der Waals surface area (Å²) in [5.74, 6) is 2.57. The molecule has 1 aliphatic heterocycles. The van der Waals surface area contributed by atoms with E-state index in [4.69, 9.17) is 14.5 Å². The first-order valence-corrected chi connectivity index (χ1v) is 12.1. The second-order valence-corrected chi connectivity index (χ2v) is 9.59. The van der Waals surface area contributed by atoms with E-state index in [2.05, 4.69) is 15.5 Å². The third-order valence-electron chi connectivity index (χ3n) is 6.52. The molecule has 2 aliphatic rings. The van der Waals surface area contributed by atoms with Crippen LogP contribution in [0.2, 0.25) is 0 Å². The molecule has 4 heterocycles. The van der Waals surface area contributed by atoms with E-state index in [0.29, 0.717) is 52.9 Å². The minimum atomic E-state index is -0.208. The van der Waals surface area contributed by atoms with Crippen molar-refractivity contribution in [3.8, 4) is 22.8 Å². The zero-order valence-electron chi connectivity index (χ0n) is 20.1. The average Bonchev–Trinajstić information content (AvgIpc) is 3.48. The average molecular weight is 473 g/mol. The van der Waals surface area contributed by atoms with E-state index in [1.54, 1.807) is 12.4 Å². The summed E-state index contributed by atoms with van der Waals surface area (Å²) in [6.45, 7) is 7.92. The molecule has 1 aliphatic carbocycles. The van der Waals surface area contributed by atoms with Crippen LogP contribution in [-0.2, 0) is 6.54 Å². The Bertz CT molecular complexity index is 1430. The summed E-state index contributed by atoms with van der Waals surface area (Å²) >= 11 is 0. The van der Waals surface area contributed by atoms with E-state index in [1.807, 2.05) is 54.4 Å². The monoisotopic (exact) mass is 472 g/mol. The lowest BCUT2D eigenvalue weighted by molar-refractivity contribution is 0.102. The van der Waals surface area contributed by atoms with Crippen LogP contribution in [0.1, 0.15) is 48.7 Å². The van der Waals surface area contributed by atoms with Gasteiger partial charge in [-0.2, -0.15) is 10.2 Å². The molecule has 180 valence electrons. The second-order valence-electron chi connectivity index (χ2n) is 9.59. The molecule has 0 atom stereocenters. The summed E-state index contributed by atoms with van der Waals surface area (Å²) in [5, 5.41) is 12.9. The van der Waals surface area contributed by atoms with Crippen LogP contribution >= 0.6 is 0 Å². The Morgan fingerprint density at radius 2 is 1.91 bits per heavy atom. The zero-order chi connectivity index (χ0) is 24.1. The van der Waals surface area contributed by atoms with E-state index in [9.17, 15) is 4.79 Å². The molecule has 0 spiro atoms. The van der Waals surface area contributed by atoms with Gasteiger partial charge in [0.25, 0.3) is 5.91 Å². The fourth-order valence-electron chi connectivity index (χ4n) is 4.43. The van der Waals surface area contributed by atoms with Crippen LogP contribution in [0.4, 0.5) is 5.82 Å². The number of fused-ring (bicyclic) bond motifs is 2. The highest BCUT2D eigenvalue weighted by atomic mass is 16.6. The molecule has 0 radical (unpaired) electrons. The molecule has 3 aromatic heterocycles. The van der Waals surface area contributed by atoms with Crippen LogP contribution in [-0.4, -0.2) is 43.7 Å². The van der Waals surface area contributed by atoms with Gasteiger partial charge in [0.2, 0.25) is 0 Å². The van der Waals surface area contributed by atoms with E-state index < -0.39 is 0 Å². The van der Waals surface area contributed by atoms with Gasteiger partial charge in [-0.25, -0.2) is 14.3 Å². The Kier molecular flexibility index (Phi) is 5.20. The van der Waals surface area contributed by atoms with Gasteiger partial charge in [0.1, 0.15) is 19.0 Å². The number of carbonyl (C=O) groups excluding carboxylic acids is 1. The molecular formula is C26H28N6O3. The quantitative estimate of drug-likeness (QED) is 0.440. The number of rotatable bonds is 6. The third kappa shape index (κ3) is 4.00. The van der Waals surface area contributed by atoms with Crippen molar-refractivity contribution in [1.82, 2.24) is 24.5 Å². The zero-order valence-corrected chi connectivity index (χ0v) is 20.1. The van der Waals surface area contributed by atoms with E-state index >= 15 is 0 Å². The molecule has 1 N–H and O–H groups in total. The number of aryl methyl sites for hydroxylation is 1. The maximum Gasteiger partial charge on any atom is 0.257 e. The normalized spacial score (nSPS) is 15.1. The molecular weight excluding hydrogens is 444 g/mol. The Balaban J connectivity index is 1.43. The van der Waals surface area contributed by atoms with Crippen molar-refractivity contribution in [3.63, 3.8) is 0 Å². The summed E-state index contributed by atoms with van der Waals surface area (Å²) in [7, 11) is 0. The highest BCUT2D eigenvalue weighted by Crippen LogP contribution is 2.36. The summed E-state index contributed by atoms with van der Waals surface area (Å²) < 4.78 is 15.2. The predicted molar refractivity (Wildman–Crippen MR) is 132 cm³/mol. The molecule has 1 aromatic carbocycles. The number of aromatic nitrogens is 5. The van der Waals surface area contributed by atoms with Gasteiger partial charge in [-0.05, 0) is 63.8 Å². The van der Waals surface area contributed by atoms with Gasteiger partial charge in [0, 0.05) is 23.7 Å². The van der Waals surface area contributed by atoms with Crippen molar-refractivity contribution < 1.29 is 14.3 Å². The number of carbonyl (C=O) groups is 1. The van der Waals surface area contributed by atoms with Gasteiger partial charge in [0.05, 0.1) is 29.0 Å². The van der Waals surface area contributed by atoms with Gasteiger partial charge in [-0.15, -0.1) is 0 Å². The number of hydrogen-bond acceptors (Lipinski definition) is 6. The smallest absolute Gasteiger partial charge is 0.257 e. The molecule has 1 saturated carbocycles. The molecule has 0 saturated heterocycles. The Labute approximate surface area is 203 Å². The lowest BCUT2D eigenvalue weighted by Gasteiger charge is -2.19. The van der Waals surface area contributed by atoms with Gasteiger partial charge in [-0.3, -0.25) is 4.79 Å². The fraction of sp³-hybridized carbons (Fsp3) is 0.385. The minimum absolute atomic E-state index is 0.0913. The molecule has 6 rings (SSSR count). The molecule has 4 aromatic rings. The number of amides is 1. The van der Waals surface area contributed by atoms with Gasteiger partial charge in [0.15, 0.2) is 17.1 Å². The van der Waals surface area contributed by atoms with Crippen molar-refractivity contribution in [2.45, 2.75) is 46.2 Å². The van der Waals surface area contributed by atoms with Gasteiger partial charge >= 0.3 is 0 Å². The molecule has 0 bridgehead atoms. The lowest BCUT2D eigenvalue weighted by Crippen LogP contribution is -2.18. The first-order chi connectivity index (χ1) is 17.0. The summed E-state index contributed by atoms with van der Waals surface area (Å²) in [5.41, 5.74) is 3.64. The number of anilines is 1. The van der Waals surface area contributed by atoms with E-state index in [-0.39, 0.29) is 11.9 Å². The Hall–Kier alpha value is -3.88. The molecule has 9 heteroatoms. The van der Waals surface area contributed by atoms with Crippen LogP contribution in [0, 0.1) is 12.8 Å². The lowest BCUT2D eigenvalue weighted by atomic mass is 10.1. The van der Waals surface area contributed by atoms with Gasteiger partial charge in [-0.1, -0.05) is 0 Å². The Morgan fingerprint density at radius 3 is 2.69 bits per heavy atom. The van der Waals surface area contributed by atoms with E-state index in [0.717, 1.165) is 23.5 Å². The minimum Gasteiger partial charge on any atom is -0.486 e. The predicted octanol–water partition coefficient (Wildman–Crippen LogP) is 4.62. The SMILES string of the molecule is Cc1cnn(CC2CC2)c1NC(=O)c1cc(-c2ccc3c(c2)OCCO3)nc2c1cnn2C(C)C. The number of nitrogens with one attached hydrogen (secondary N) is 1. The summed E-state index contributed by atoms with van der Waals surface area (Å²) in [6, 6.07) is 7.65. The maximum absolute atomic E-state index is 13.7. The molecule has 9 nitrogen and oxygen atoms in total. The first kappa shape index (κ1) is 21.6. The number of nitrogens with zero attached hydrogens (tertiary/aromatic N) is 5. The summed E-state index contributed by atoms with van der Waals surface area (Å²) in [6.07, 6.45) is 5.95. The number of ether oxygens (including phenoxy) is 2. The molecule has 35 heavy (non-hydrogen) atoms. The Morgan fingerprint density at radius 1 is 1.11 bits per heavy atom. The first-order valence-electron chi connectivity index (χ1n) is 12.1. The fourth-order valence-corrected chi connectivity index (χ4v) is 4.43. The summed E-state index contributed by atoms with van der Waals surface area (Å²) in [4.78, 5) is 18.6. The van der Waals surface area contributed by atoms with Crippen LogP contribution in [0.3, 0.4) is 0 Å². The third-order valence-corrected chi connectivity index (χ3v) is 6.52. The maximum atomic E-state index is 13.7. The van der Waals surface area contributed by atoms with Crippen LogP contribution < -0.4 is 14.8 Å². The standard InChI is InChI=1S/C26H28N6O3/c1-15(2)32-25-20(13-28-32)19(26(33)30-24-16(3)12-27-31(24)14-17-4-5-17)11-21(29-25)18-6-7-22-23(10-18)35-9-8-34-22/h6-7,10-13,15,17H,4-5,8-9,14H2,1-3H3,(H,30,33). The van der Waals surface area contributed by atoms with Crippen molar-refractivity contribution in [2.75, 3.05) is 18.5 Å². The second kappa shape index (κ2) is 8.41. The molecule has 1 amide bonds. The van der Waals surface area contributed by atoms with Crippen LogP contribution in [0.5, 0.6) is 11.5 Å². The van der Waals surface area contributed by atoms with Crippen LogP contribution in [0.15, 0.2) is 36.7 Å². The largest absolute Gasteiger partial charge is 0.486 e. The number of benzene rings is 1.